The monoisotopic (exact) mass is 1990 g/mol. The van der Waals surface area contributed by atoms with Gasteiger partial charge in [0.05, 0.1) is 105 Å². The summed E-state index contributed by atoms with van der Waals surface area (Å²) in [5.74, 6) is -1.31. The van der Waals surface area contributed by atoms with Crippen molar-refractivity contribution in [1.29, 1.82) is 0 Å². The molecule has 25 heteroatoms. The molecule has 2 saturated heterocycles. The van der Waals surface area contributed by atoms with Gasteiger partial charge in [0.2, 0.25) is 11.8 Å². The number of unbranched alkanes of at least 4 members (excludes halogenated alkanes) is 24. The van der Waals surface area contributed by atoms with E-state index in [1.165, 1.54) is 83.5 Å². The first-order chi connectivity index (χ1) is 69.8. The maximum Gasteiger partial charge on any atom is 0.475 e. The summed E-state index contributed by atoms with van der Waals surface area (Å²) < 4.78 is 142. The van der Waals surface area contributed by atoms with Crippen molar-refractivity contribution in [3.63, 3.8) is 0 Å². The zero-order valence-corrected chi connectivity index (χ0v) is 86.0. The zero-order valence-electron chi connectivity index (χ0n) is 84.2. The Morgan fingerprint density at radius 3 is 0.986 bits per heavy atom. The Hall–Kier alpha value is -8.75. The van der Waals surface area contributed by atoms with Crippen molar-refractivity contribution in [2.24, 2.45) is 0 Å². The van der Waals surface area contributed by atoms with Gasteiger partial charge in [0.25, 0.3) is 0 Å². The summed E-state index contributed by atoms with van der Waals surface area (Å²) in [4.78, 5) is 46.3. The summed E-state index contributed by atoms with van der Waals surface area (Å²) in [5.41, 5.74) is 6.94. The van der Waals surface area contributed by atoms with Crippen LogP contribution in [0.15, 0.2) is 273 Å². The Labute approximate surface area is 845 Å². The van der Waals surface area contributed by atoms with Crippen molar-refractivity contribution < 1.29 is 98.0 Å². The van der Waals surface area contributed by atoms with Crippen molar-refractivity contribution in [2.45, 2.75) is 359 Å². The Morgan fingerprint density at radius 1 is 0.296 bits per heavy atom. The number of hydrogen-bond acceptors (Lipinski definition) is 21. The van der Waals surface area contributed by atoms with Gasteiger partial charge >= 0.3 is 21.6 Å². The van der Waals surface area contributed by atoms with E-state index in [2.05, 4.69) is 31.4 Å². The van der Waals surface area contributed by atoms with Crippen LogP contribution < -0.4 is 10.6 Å². The van der Waals surface area contributed by atoms with Crippen LogP contribution in [0.25, 0.3) is 0 Å². The topological polar surface area (TPSA) is 257 Å². The van der Waals surface area contributed by atoms with Crippen LogP contribution in [0.5, 0.6) is 0 Å². The highest BCUT2D eigenvalue weighted by molar-refractivity contribution is 7.48. The largest absolute Gasteiger partial charge is 0.475 e. The normalized spacial score (nSPS) is 18.6. The van der Waals surface area contributed by atoms with Gasteiger partial charge < -0.3 is 58.0 Å². The number of amides is 2. The van der Waals surface area contributed by atoms with Gasteiger partial charge in [-0.25, -0.2) is 9.13 Å². The van der Waals surface area contributed by atoms with E-state index in [0.717, 1.165) is 116 Å². The van der Waals surface area contributed by atoms with Gasteiger partial charge in [-0.05, 0) is 75.8 Å². The van der Waals surface area contributed by atoms with E-state index in [1.807, 2.05) is 273 Å². The standard InChI is InChI=1S/C117H158N2O21P2/c1-4-7-10-13-16-19-22-25-55-76-103(127-84-95-60-39-29-40-61-95)81-107(120)118-110-114(129-86-97-64-43-31-44-65-97)112(128-85-96-62-41-30-42-63-96)106(139-116(110)126-79-80-132-141(123,133-88-99-68-47-33-48-69-99)134-89-100-70-49-34-50-71-100)93-131-117-111(119-108(121)82-104(77-56-26-23-20-17-14-11-8-5-2)137-109(122)78-57-27-24-21-18-15-12-9-6-3)115(130-87-98-66-45-32-46-67-98)113(105(138-117)92-125-83-94-58-37-28-38-59-94)140-142(124,135-90-101-72-51-35-52-73-101)136-91-102-74-53-36-54-75-102/h28-54,58-75,103-106,110-117H,4-27,55-57,76-93H2,1-3H3,(H,118,120)(H,119,121)/t103-,104-,105-,106-,110+,111+,112-,113-,114-,115-,116+,117-/m1/s1. The Balaban J connectivity index is 1.00. The maximum absolute atomic E-state index is 16.4. The summed E-state index contributed by atoms with van der Waals surface area (Å²) in [6.45, 7) is 4.92. The molecule has 23 nitrogen and oxygen atoms in total. The lowest BCUT2D eigenvalue weighted by Crippen LogP contribution is -2.68. The average Bonchev–Trinajstić information content (AvgIpc) is 0.771. The first-order valence-electron chi connectivity index (χ1n) is 52.6. The minimum absolute atomic E-state index is 0.00254. The van der Waals surface area contributed by atoms with E-state index in [4.69, 9.17) is 74.5 Å². The molecule has 142 heavy (non-hydrogen) atoms. The van der Waals surface area contributed by atoms with Gasteiger partial charge in [-0.3, -0.25) is 41.5 Å². The molecule has 0 aromatic heterocycles. The van der Waals surface area contributed by atoms with Crippen molar-refractivity contribution >= 4 is 33.4 Å². The molecule has 2 heterocycles. The Kier molecular flexibility index (Phi) is 54.3. The number of phosphoric acid groups is 2. The summed E-state index contributed by atoms with van der Waals surface area (Å²) in [6, 6.07) is 83.0. The third-order valence-electron chi connectivity index (χ3n) is 25.6. The van der Waals surface area contributed by atoms with E-state index in [-0.39, 0.29) is 110 Å². The lowest BCUT2D eigenvalue weighted by molar-refractivity contribution is -0.315. The van der Waals surface area contributed by atoms with Crippen LogP contribution in [-0.2, 0) is 157 Å². The lowest BCUT2D eigenvalue weighted by atomic mass is 9.94. The molecule has 9 aromatic rings. The quantitative estimate of drug-likeness (QED) is 0.0204. The highest BCUT2D eigenvalue weighted by Gasteiger charge is 2.55. The van der Waals surface area contributed by atoms with Crippen molar-refractivity contribution in [3.05, 3.63) is 323 Å². The molecular formula is C117H158N2O21P2. The lowest BCUT2D eigenvalue weighted by Gasteiger charge is -2.48. The van der Waals surface area contributed by atoms with E-state index < -0.39 is 102 Å². The number of phosphoric ester groups is 2. The fraction of sp³-hybridized carbons (Fsp3) is 0.513. The molecule has 9 aromatic carbocycles. The molecule has 2 amide bonds. The SMILES string of the molecule is CCCCCCCCCCCC(=O)O[C@H](CCCCCCCCCCC)CC(=O)N[C@@H]1[C@H](OC[C@H]2O[C@H](OCCOP(=O)(OCc3ccccc3)OCc3ccccc3)[C@@H](NC(=O)C[C@@H](CCCCCCCCCCC)OCc3ccccc3)[C@@H](OCc3ccccc3)[C@@H]2OCc2ccccc2)O[C@H](COCc2ccccc2)[C@@H](OP(=O)(OCc2ccccc2)OCc2ccccc2)[C@@H]1OCc1ccccc1. The molecule has 0 bridgehead atoms. The molecule has 11 rings (SSSR count). The first kappa shape index (κ1) is 114. The Morgan fingerprint density at radius 2 is 0.599 bits per heavy atom. The molecule has 2 N–H and O–H groups in total. The average molecular weight is 1990 g/mol. The van der Waals surface area contributed by atoms with Crippen molar-refractivity contribution in [1.82, 2.24) is 10.6 Å². The molecule has 2 fully saturated rings. The molecule has 2 aliphatic rings. The summed E-state index contributed by atoms with van der Waals surface area (Å²) in [5, 5.41) is 6.75. The third-order valence-corrected chi connectivity index (χ3v) is 28.4. The predicted molar refractivity (Wildman–Crippen MR) is 555 cm³/mol. The highest BCUT2D eigenvalue weighted by Crippen LogP contribution is 2.55. The Bertz CT molecular complexity index is 4790. The second-order valence-electron chi connectivity index (χ2n) is 37.3. The van der Waals surface area contributed by atoms with E-state index >= 15 is 18.7 Å². The smallest absolute Gasteiger partial charge is 0.462 e. The van der Waals surface area contributed by atoms with Crippen LogP contribution in [0.4, 0.5) is 0 Å². The minimum atomic E-state index is -4.85. The van der Waals surface area contributed by atoms with Gasteiger partial charge in [-0.1, -0.05) is 454 Å². The number of esters is 1. The maximum atomic E-state index is 16.4. The number of carbonyl (C=O) groups is 3. The van der Waals surface area contributed by atoms with Gasteiger partial charge in [-0.2, -0.15) is 0 Å². The highest BCUT2D eigenvalue weighted by atomic mass is 31.2. The number of carbonyl (C=O) groups excluding carboxylic acids is 3. The summed E-state index contributed by atoms with van der Waals surface area (Å²) in [6.07, 6.45) is 17.9. The third kappa shape index (κ3) is 44.3. The molecule has 12 atom stereocenters. The molecule has 0 unspecified atom stereocenters. The van der Waals surface area contributed by atoms with Gasteiger partial charge in [0, 0.05) is 6.42 Å². The molecular weight excluding hydrogens is 1830 g/mol. The van der Waals surface area contributed by atoms with Crippen LogP contribution >= 0.6 is 15.6 Å². The molecule has 0 radical (unpaired) electrons. The first-order valence-corrected chi connectivity index (χ1v) is 55.5. The van der Waals surface area contributed by atoms with Crippen LogP contribution in [-0.4, -0.2) is 118 Å². The fourth-order valence-corrected chi connectivity index (χ4v) is 20.2. The summed E-state index contributed by atoms with van der Waals surface area (Å²) in [7, 11) is -9.27. The zero-order chi connectivity index (χ0) is 99.2. The number of hydrogen-bond donors (Lipinski definition) is 2. The van der Waals surface area contributed by atoms with Crippen LogP contribution in [0.3, 0.4) is 0 Å². The summed E-state index contributed by atoms with van der Waals surface area (Å²) >= 11 is 0. The van der Waals surface area contributed by atoms with E-state index in [9.17, 15) is 4.79 Å². The number of rotatable bonds is 75. The second kappa shape index (κ2) is 67.8. The number of benzene rings is 9. The van der Waals surface area contributed by atoms with Crippen LogP contribution in [0.1, 0.15) is 276 Å². The van der Waals surface area contributed by atoms with Gasteiger partial charge in [0.15, 0.2) is 12.6 Å². The predicted octanol–water partition coefficient (Wildman–Crippen LogP) is 26.9. The second-order valence-corrected chi connectivity index (χ2v) is 40.6. The number of ether oxygens (including phenoxy) is 10. The fourth-order valence-electron chi connectivity index (χ4n) is 17.7. The molecule has 0 aliphatic carbocycles. The molecule has 0 spiro atoms. The van der Waals surface area contributed by atoms with E-state index in [1.54, 1.807) is 0 Å². The van der Waals surface area contributed by atoms with Crippen molar-refractivity contribution in [3.8, 4) is 0 Å². The minimum Gasteiger partial charge on any atom is -0.462 e. The van der Waals surface area contributed by atoms with E-state index in [0.29, 0.717) is 36.8 Å². The van der Waals surface area contributed by atoms with Crippen molar-refractivity contribution in [2.75, 3.05) is 26.4 Å². The van der Waals surface area contributed by atoms with Crippen LogP contribution in [0.2, 0.25) is 0 Å². The molecule has 772 valence electrons. The molecule has 0 saturated carbocycles. The van der Waals surface area contributed by atoms with Gasteiger partial charge in [-0.15, -0.1) is 0 Å². The molecule has 2 aliphatic heterocycles. The van der Waals surface area contributed by atoms with Crippen LogP contribution in [0, 0.1) is 0 Å². The van der Waals surface area contributed by atoms with Gasteiger partial charge in [0.1, 0.15) is 54.8 Å². The number of nitrogens with one attached hydrogen (secondary N) is 2.